The molecule has 36 heavy (non-hydrogen) atoms. The van der Waals surface area contributed by atoms with Crippen molar-refractivity contribution in [2.75, 3.05) is 0 Å². The van der Waals surface area contributed by atoms with E-state index in [9.17, 15) is 24.8 Å². The number of carbonyl (C=O) groups is 2. The zero-order valence-corrected chi connectivity index (χ0v) is 19.4. The Hall–Kier alpha value is -5.12. The van der Waals surface area contributed by atoms with E-state index < -0.39 is 16.7 Å². The molecule has 0 spiro atoms. The normalized spacial score (nSPS) is 11.7. The predicted molar refractivity (Wildman–Crippen MR) is 134 cm³/mol. The first-order valence-corrected chi connectivity index (χ1v) is 10.8. The van der Waals surface area contributed by atoms with Crippen molar-refractivity contribution in [2.45, 2.75) is 6.92 Å². The fourth-order valence-corrected chi connectivity index (χ4v) is 3.78. The van der Waals surface area contributed by atoms with E-state index in [0.717, 1.165) is 0 Å². The van der Waals surface area contributed by atoms with Crippen molar-refractivity contribution in [3.8, 4) is 5.88 Å². The highest BCUT2D eigenvalue weighted by atomic mass is 16.6. The first-order chi connectivity index (χ1) is 17.3. The molecule has 2 amide bonds. The number of hydrogen-bond donors (Lipinski definition) is 2. The number of aromatic nitrogens is 1. The van der Waals surface area contributed by atoms with Gasteiger partial charge in [-0.3, -0.25) is 19.7 Å². The van der Waals surface area contributed by atoms with E-state index in [1.807, 2.05) is 6.07 Å². The van der Waals surface area contributed by atoms with Crippen molar-refractivity contribution in [1.29, 1.82) is 0 Å². The molecule has 0 saturated carbocycles. The van der Waals surface area contributed by atoms with Crippen molar-refractivity contribution in [3.63, 3.8) is 0 Å². The fraction of sp³-hybridized carbons (Fsp3) is 0.0769. The zero-order chi connectivity index (χ0) is 25.8. The Morgan fingerprint density at radius 1 is 1.06 bits per heavy atom. The molecule has 1 aromatic heterocycles. The summed E-state index contributed by atoms with van der Waals surface area (Å²) in [5.41, 5.74) is 1.62. The first kappa shape index (κ1) is 24.0. The number of aryl methyl sites for hydroxylation is 2. The number of fused-ring (bicyclic) bond motifs is 1. The maximum Gasteiger partial charge on any atom is 0.311 e. The summed E-state index contributed by atoms with van der Waals surface area (Å²) in [7, 11) is 1.57. The standard InChI is InChI=1S/C26H21N5O5/c1-16-13-19(31(35)36)15-20-22(26(34)30(2)23(16)20)28-29-25(33)21(14-17-9-5-3-6-10-17)27-24(32)18-11-7-4-8-12-18/h3-15,34H,1-2H3,(H,27,32)/b21-14-,29-28?. The van der Waals surface area contributed by atoms with Gasteiger partial charge in [0.05, 0.1) is 10.4 Å². The molecule has 0 aliphatic rings. The van der Waals surface area contributed by atoms with Crippen LogP contribution in [-0.4, -0.2) is 26.4 Å². The summed E-state index contributed by atoms with van der Waals surface area (Å²) in [5.74, 6) is -1.70. The summed E-state index contributed by atoms with van der Waals surface area (Å²) in [6.45, 7) is 1.67. The number of aromatic hydroxyl groups is 1. The van der Waals surface area contributed by atoms with Crippen LogP contribution in [0.3, 0.4) is 0 Å². The second kappa shape index (κ2) is 10.0. The quantitative estimate of drug-likeness (QED) is 0.168. The molecule has 0 unspecified atom stereocenters. The minimum atomic E-state index is -0.873. The van der Waals surface area contributed by atoms with Crippen molar-refractivity contribution in [3.05, 3.63) is 105 Å². The number of benzene rings is 3. The number of rotatable bonds is 6. The lowest BCUT2D eigenvalue weighted by Crippen LogP contribution is -2.26. The Morgan fingerprint density at radius 2 is 1.69 bits per heavy atom. The molecule has 10 heteroatoms. The molecule has 0 fully saturated rings. The van der Waals surface area contributed by atoms with Crippen molar-refractivity contribution in [1.82, 2.24) is 9.88 Å². The number of nitrogens with zero attached hydrogens (tertiary/aromatic N) is 4. The van der Waals surface area contributed by atoms with Crippen molar-refractivity contribution < 1.29 is 19.6 Å². The molecule has 0 aliphatic heterocycles. The number of nitro groups is 1. The van der Waals surface area contributed by atoms with Gasteiger partial charge in [0, 0.05) is 30.1 Å². The van der Waals surface area contributed by atoms with Crippen LogP contribution in [-0.2, 0) is 11.8 Å². The third-order valence-electron chi connectivity index (χ3n) is 5.48. The average molecular weight is 483 g/mol. The van der Waals surface area contributed by atoms with E-state index in [2.05, 4.69) is 15.5 Å². The Kier molecular flexibility index (Phi) is 6.68. The van der Waals surface area contributed by atoms with Crippen LogP contribution >= 0.6 is 0 Å². The minimum Gasteiger partial charge on any atom is -0.493 e. The van der Waals surface area contributed by atoms with Gasteiger partial charge in [0.15, 0.2) is 5.69 Å². The molecule has 10 nitrogen and oxygen atoms in total. The molecule has 0 aliphatic carbocycles. The zero-order valence-electron chi connectivity index (χ0n) is 19.4. The van der Waals surface area contributed by atoms with Crippen molar-refractivity contribution >= 4 is 40.2 Å². The monoisotopic (exact) mass is 483 g/mol. The van der Waals surface area contributed by atoms with Gasteiger partial charge in [0.2, 0.25) is 5.88 Å². The van der Waals surface area contributed by atoms with Crippen LogP contribution in [0.4, 0.5) is 11.4 Å². The highest BCUT2D eigenvalue weighted by Gasteiger charge is 2.21. The molecule has 3 aromatic carbocycles. The summed E-state index contributed by atoms with van der Waals surface area (Å²) >= 11 is 0. The van der Waals surface area contributed by atoms with Crippen LogP contribution in [0.1, 0.15) is 21.5 Å². The predicted octanol–water partition coefficient (Wildman–Crippen LogP) is 5.18. The lowest BCUT2D eigenvalue weighted by atomic mass is 10.1. The van der Waals surface area contributed by atoms with Gasteiger partial charge in [-0.1, -0.05) is 48.5 Å². The second-order valence-corrected chi connectivity index (χ2v) is 7.94. The summed E-state index contributed by atoms with van der Waals surface area (Å²) in [6.07, 6.45) is 1.46. The van der Waals surface area contributed by atoms with Crippen LogP contribution < -0.4 is 5.32 Å². The molecule has 0 saturated heterocycles. The molecule has 2 N–H and O–H groups in total. The van der Waals surface area contributed by atoms with E-state index in [1.54, 1.807) is 68.6 Å². The lowest BCUT2D eigenvalue weighted by molar-refractivity contribution is -0.384. The van der Waals surface area contributed by atoms with Gasteiger partial charge in [0.1, 0.15) is 5.70 Å². The Bertz CT molecular complexity index is 1540. The number of nitro benzene ring substituents is 1. The third-order valence-corrected chi connectivity index (χ3v) is 5.48. The maximum absolute atomic E-state index is 13.0. The van der Waals surface area contributed by atoms with Crippen molar-refractivity contribution in [2.24, 2.45) is 17.3 Å². The van der Waals surface area contributed by atoms with Gasteiger partial charge in [-0.25, -0.2) is 0 Å². The molecule has 0 bridgehead atoms. The Morgan fingerprint density at radius 3 is 2.33 bits per heavy atom. The lowest BCUT2D eigenvalue weighted by Gasteiger charge is -2.07. The molecule has 0 atom stereocenters. The van der Waals surface area contributed by atoms with Gasteiger partial charge in [-0.05, 0) is 36.3 Å². The Balaban J connectivity index is 1.73. The molecule has 4 aromatic rings. The van der Waals surface area contributed by atoms with E-state index in [0.29, 0.717) is 22.2 Å². The average Bonchev–Trinajstić information content (AvgIpc) is 3.12. The van der Waals surface area contributed by atoms with E-state index in [4.69, 9.17) is 0 Å². The summed E-state index contributed by atoms with van der Waals surface area (Å²) < 4.78 is 1.41. The number of amides is 2. The van der Waals surface area contributed by atoms with E-state index in [1.165, 1.54) is 22.8 Å². The molecular weight excluding hydrogens is 462 g/mol. The van der Waals surface area contributed by atoms with Crippen LogP contribution in [0.2, 0.25) is 0 Å². The highest BCUT2D eigenvalue weighted by Crippen LogP contribution is 2.41. The molecule has 4 rings (SSSR count). The topological polar surface area (TPSA) is 139 Å². The largest absolute Gasteiger partial charge is 0.493 e. The first-order valence-electron chi connectivity index (χ1n) is 10.8. The van der Waals surface area contributed by atoms with Gasteiger partial charge in [-0.15, -0.1) is 10.2 Å². The van der Waals surface area contributed by atoms with E-state index >= 15 is 0 Å². The smallest absolute Gasteiger partial charge is 0.311 e. The van der Waals surface area contributed by atoms with Crippen LogP contribution in [0, 0.1) is 17.0 Å². The van der Waals surface area contributed by atoms with Gasteiger partial charge in [-0.2, -0.15) is 0 Å². The number of nitrogens with one attached hydrogen (secondary N) is 1. The highest BCUT2D eigenvalue weighted by molar-refractivity contribution is 6.06. The fourth-order valence-electron chi connectivity index (χ4n) is 3.78. The number of hydrogen-bond acceptors (Lipinski definition) is 6. The van der Waals surface area contributed by atoms with Crippen LogP contribution in [0.25, 0.3) is 17.0 Å². The molecular formula is C26H21N5O5. The van der Waals surface area contributed by atoms with Gasteiger partial charge >= 0.3 is 5.91 Å². The third kappa shape index (κ3) is 4.87. The van der Waals surface area contributed by atoms with E-state index in [-0.39, 0.29) is 28.3 Å². The number of non-ortho nitro benzene ring substituents is 1. The number of azo groups is 1. The molecule has 180 valence electrons. The molecule has 0 radical (unpaired) electrons. The summed E-state index contributed by atoms with van der Waals surface area (Å²) in [5, 5.41) is 32.4. The number of carbonyl (C=O) groups excluding carboxylic acids is 2. The second-order valence-electron chi connectivity index (χ2n) is 7.94. The Labute approximate surface area is 205 Å². The maximum atomic E-state index is 13.0. The summed E-state index contributed by atoms with van der Waals surface area (Å²) in [4.78, 5) is 36.5. The minimum absolute atomic E-state index is 0.0962. The van der Waals surface area contributed by atoms with Crippen LogP contribution in [0.15, 0.2) is 88.7 Å². The molecule has 1 heterocycles. The van der Waals surface area contributed by atoms with Gasteiger partial charge in [0.25, 0.3) is 11.6 Å². The van der Waals surface area contributed by atoms with Gasteiger partial charge < -0.3 is 15.0 Å². The van der Waals surface area contributed by atoms with Crippen LogP contribution in [0.5, 0.6) is 5.88 Å². The SMILES string of the molecule is Cc1cc([N+](=O)[O-])cc2c(N=NC(=O)/C(=C/c3ccccc3)NC(=O)c3ccccc3)c(O)n(C)c12. The summed E-state index contributed by atoms with van der Waals surface area (Å²) in [6, 6.07) is 19.9.